The lowest BCUT2D eigenvalue weighted by molar-refractivity contribution is 0.106. The summed E-state index contributed by atoms with van der Waals surface area (Å²) in [5.41, 5.74) is 5.42. The van der Waals surface area contributed by atoms with E-state index >= 15 is 0 Å². The van der Waals surface area contributed by atoms with Crippen LogP contribution >= 0.6 is 0 Å². The Bertz CT molecular complexity index is 161. The predicted octanol–water partition coefficient (Wildman–Crippen LogP) is 0.817. The van der Waals surface area contributed by atoms with E-state index in [0.717, 1.165) is 19.0 Å². The first kappa shape index (κ1) is 12.0. The summed E-state index contributed by atoms with van der Waals surface area (Å²) in [4.78, 5) is 2.40. The van der Waals surface area contributed by atoms with E-state index in [-0.39, 0.29) is 6.10 Å². The van der Waals surface area contributed by atoms with Crippen molar-refractivity contribution in [2.45, 2.75) is 45.3 Å². The molecule has 1 aliphatic rings. The van der Waals surface area contributed by atoms with E-state index in [1.807, 2.05) is 0 Å². The van der Waals surface area contributed by atoms with Crippen LogP contribution in [-0.4, -0.2) is 41.8 Å². The highest BCUT2D eigenvalue weighted by molar-refractivity contribution is 4.81. The third-order valence-electron chi connectivity index (χ3n) is 2.96. The molecule has 84 valence electrons. The first-order chi connectivity index (χ1) is 6.63. The van der Waals surface area contributed by atoms with Crippen molar-refractivity contribution in [2.24, 2.45) is 11.7 Å². The van der Waals surface area contributed by atoms with Crippen LogP contribution in [-0.2, 0) is 0 Å². The summed E-state index contributed by atoms with van der Waals surface area (Å²) in [5, 5.41) is 9.50. The molecular weight excluding hydrogens is 176 g/mol. The number of β-amino-alcohol motifs (C(OH)–C–C–N with tert-alkyl or cyclic N) is 1. The van der Waals surface area contributed by atoms with E-state index in [4.69, 9.17) is 5.73 Å². The van der Waals surface area contributed by atoms with Crippen LogP contribution in [0.2, 0.25) is 0 Å². The molecule has 2 atom stereocenters. The van der Waals surface area contributed by atoms with Crippen LogP contribution in [0.15, 0.2) is 0 Å². The number of likely N-dealkylation sites (tertiary alicyclic amines) is 1. The highest BCUT2D eigenvalue weighted by atomic mass is 16.3. The number of hydrogen-bond acceptors (Lipinski definition) is 3. The van der Waals surface area contributed by atoms with Crippen molar-refractivity contribution < 1.29 is 5.11 Å². The van der Waals surface area contributed by atoms with Gasteiger partial charge in [-0.2, -0.15) is 0 Å². The monoisotopic (exact) mass is 200 g/mol. The van der Waals surface area contributed by atoms with Crippen molar-refractivity contribution in [3.63, 3.8) is 0 Å². The van der Waals surface area contributed by atoms with Gasteiger partial charge in [-0.25, -0.2) is 0 Å². The van der Waals surface area contributed by atoms with Gasteiger partial charge in [0.15, 0.2) is 0 Å². The van der Waals surface area contributed by atoms with E-state index < -0.39 is 0 Å². The molecule has 0 spiro atoms. The number of aliphatic hydroxyl groups excluding tert-OH is 1. The normalized spacial score (nSPS) is 25.9. The van der Waals surface area contributed by atoms with Crippen molar-refractivity contribution in [2.75, 3.05) is 19.6 Å². The zero-order valence-electron chi connectivity index (χ0n) is 9.45. The van der Waals surface area contributed by atoms with E-state index in [2.05, 4.69) is 18.7 Å². The largest absolute Gasteiger partial charge is 0.390 e. The van der Waals surface area contributed by atoms with Gasteiger partial charge in [-0.05, 0) is 31.7 Å². The van der Waals surface area contributed by atoms with Gasteiger partial charge in [0.05, 0.1) is 6.10 Å². The average Bonchev–Trinajstić information content (AvgIpc) is 2.52. The summed E-state index contributed by atoms with van der Waals surface area (Å²) in [6.07, 6.45) is 3.46. The van der Waals surface area contributed by atoms with Gasteiger partial charge in [0.25, 0.3) is 0 Å². The van der Waals surface area contributed by atoms with Crippen molar-refractivity contribution in [1.29, 1.82) is 0 Å². The lowest BCUT2D eigenvalue weighted by Crippen LogP contribution is -2.39. The maximum Gasteiger partial charge on any atom is 0.0789 e. The third-order valence-corrected chi connectivity index (χ3v) is 2.96. The van der Waals surface area contributed by atoms with Gasteiger partial charge in [-0.3, -0.25) is 4.90 Å². The second-order valence-corrected chi connectivity index (χ2v) is 4.81. The standard InChI is InChI=1S/C11H24N2O/c1-9(2)6-10-4-3-5-13(10)8-11(14)7-12/h9-11,14H,3-8,12H2,1-2H3. The van der Waals surface area contributed by atoms with Crippen molar-refractivity contribution >= 4 is 0 Å². The van der Waals surface area contributed by atoms with E-state index in [1.54, 1.807) is 0 Å². The van der Waals surface area contributed by atoms with Crippen LogP contribution in [0.1, 0.15) is 33.1 Å². The summed E-state index contributed by atoms with van der Waals surface area (Å²) in [6.45, 7) is 6.79. The molecule has 0 radical (unpaired) electrons. The minimum atomic E-state index is -0.345. The van der Waals surface area contributed by atoms with Crippen LogP contribution in [0.3, 0.4) is 0 Å². The maximum atomic E-state index is 9.50. The Morgan fingerprint density at radius 3 is 2.79 bits per heavy atom. The molecule has 0 amide bonds. The molecule has 3 nitrogen and oxygen atoms in total. The van der Waals surface area contributed by atoms with Crippen LogP contribution in [0, 0.1) is 5.92 Å². The number of aliphatic hydroxyl groups is 1. The number of hydrogen-bond donors (Lipinski definition) is 2. The molecule has 14 heavy (non-hydrogen) atoms. The number of rotatable bonds is 5. The Hall–Kier alpha value is -0.120. The fourth-order valence-corrected chi connectivity index (χ4v) is 2.29. The molecule has 0 aromatic heterocycles. The Kier molecular flexibility index (Phi) is 4.85. The van der Waals surface area contributed by atoms with Gasteiger partial charge < -0.3 is 10.8 Å². The highest BCUT2D eigenvalue weighted by Gasteiger charge is 2.26. The molecule has 1 heterocycles. The van der Waals surface area contributed by atoms with Gasteiger partial charge in [0.2, 0.25) is 0 Å². The van der Waals surface area contributed by atoms with Gasteiger partial charge in [-0.1, -0.05) is 13.8 Å². The summed E-state index contributed by atoms with van der Waals surface area (Å²) in [6, 6.07) is 0.677. The molecule has 0 aliphatic carbocycles. The lowest BCUT2D eigenvalue weighted by atomic mass is 10.0. The molecule has 1 rings (SSSR count). The smallest absolute Gasteiger partial charge is 0.0789 e. The number of nitrogens with two attached hydrogens (primary N) is 1. The SMILES string of the molecule is CC(C)CC1CCCN1CC(O)CN. The number of nitrogens with zero attached hydrogens (tertiary/aromatic N) is 1. The van der Waals surface area contributed by atoms with Crippen molar-refractivity contribution in [1.82, 2.24) is 4.90 Å². The van der Waals surface area contributed by atoms with E-state index in [9.17, 15) is 5.11 Å². The first-order valence-corrected chi connectivity index (χ1v) is 5.75. The summed E-state index contributed by atoms with van der Waals surface area (Å²) >= 11 is 0. The third kappa shape index (κ3) is 3.56. The van der Waals surface area contributed by atoms with Crippen molar-refractivity contribution in [3.05, 3.63) is 0 Å². The van der Waals surface area contributed by atoms with Gasteiger partial charge in [-0.15, -0.1) is 0 Å². The molecule has 0 aromatic rings. The zero-order valence-corrected chi connectivity index (χ0v) is 9.45. The Labute approximate surface area is 87.3 Å². The lowest BCUT2D eigenvalue weighted by Gasteiger charge is -2.27. The molecule has 0 saturated carbocycles. The van der Waals surface area contributed by atoms with Gasteiger partial charge in [0.1, 0.15) is 0 Å². The Morgan fingerprint density at radius 2 is 2.21 bits per heavy atom. The molecule has 1 fully saturated rings. The average molecular weight is 200 g/mol. The van der Waals surface area contributed by atoms with Crippen molar-refractivity contribution in [3.8, 4) is 0 Å². The zero-order chi connectivity index (χ0) is 10.6. The van der Waals surface area contributed by atoms with Crippen LogP contribution in [0.25, 0.3) is 0 Å². The highest BCUT2D eigenvalue weighted by Crippen LogP contribution is 2.23. The quantitative estimate of drug-likeness (QED) is 0.690. The topological polar surface area (TPSA) is 49.5 Å². The molecular formula is C11H24N2O. The predicted molar refractivity (Wildman–Crippen MR) is 59.1 cm³/mol. The second kappa shape index (κ2) is 5.69. The fourth-order valence-electron chi connectivity index (χ4n) is 2.29. The minimum Gasteiger partial charge on any atom is -0.390 e. The molecule has 1 saturated heterocycles. The summed E-state index contributed by atoms with van der Waals surface area (Å²) < 4.78 is 0. The summed E-state index contributed by atoms with van der Waals surface area (Å²) in [7, 11) is 0. The van der Waals surface area contributed by atoms with Crippen LogP contribution in [0.4, 0.5) is 0 Å². The van der Waals surface area contributed by atoms with Gasteiger partial charge in [0, 0.05) is 19.1 Å². The molecule has 3 N–H and O–H groups in total. The van der Waals surface area contributed by atoms with E-state index in [1.165, 1.54) is 19.3 Å². The summed E-state index contributed by atoms with van der Waals surface area (Å²) in [5.74, 6) is 0.746. The van der Waals surface area contributed by atoms with E-state index in [0.29, 0.717) is 12.6 Å². The minimum absolute atomic E-state index is 0.345. The molecule has 0 aromatic carbocycles. The molecule has 1 aliphatic heterocycles. The Morgan fingerprint density at radius 1 is 1.50 bits per heavy atom. The second-order valence-electron chi connectivity index (χ2n) is 4.81. The molecule has 2 unspecified atom stereocenters. The molecule has 0 bridgehead atoms. The Balaban J connectivity index is 2.35. The van der Waals surface area contributed by atoms with Crippen LogP contribution in [0.5, 0.6) is 0 Å². The van der Waals surface area contributed by atoms with Crippen LogP contribution < -0.4 is 5.73 Å². The molecule has 3 heteroatoms. The van der Waals surface area contributed by atoms with Gasteiger partial charge >= 0.3 is 0 Å². The first-order valence-electron chi connectivity index (χ1n) is 5.75. The fraction of sp³-hybridized carbons (Fsp3) is 1.00. The maximum absolute atomic E-state index is 9.50.